The second-order valence-corrected chi connectivity index (χ2v) is 7.61. The number of amides is 2. The Morgan fingerprint density at radius 1 is 1.38 bits per heavy atom. The average Bonchev–Trinajstić information content (AvgIpc) is 3.10. The van der Waals surface area contributed by atoms with E-state index in [-0.39, 0.29) is 5.91 Å². The van der Waals surface area contributed by atoms with Crippen LogP contribution >= 0.6 is 11.8 Å². The number of benzene rings is 1. The SMILES string of the molecule is COC(=O)[C@]1(CCSC)N[C@@H](c2cccc(F)c2)[C@H]2C(=O)N(C)C(=O)[C@H]21. The molecule has 0 aliphatic carbocycles. The molecule has 2 aliphatic rings. The molecule has 0 spiro atoms. The van der Waals surface area contributed by atoms with Crippen molar-refractivity contribution in [3.63, 3.8) is 0 Å². The van der Waals surface area contributed by atoms with Crippen LogP contribution in [0.15, 0.2) is 24.3 Å². The van der Waals surface area contributed by atoms with Gasteiger partial charge < -0.3 is 4.74 Å². The predicted octanol–water partition coefficient (Wildman–Crippen LogP) is 1.37. The Balaban J connectivity index is 2.13. The lowest BCUT2D eigenvalue weighted by atomic mass is 9.78. The number of ether oxygens (including phenoxy) is 1. The average molecular weight is 380 g/mol. The number of methoxy groups -OCH3 is 1. The van der Waals surface area contributed by atoms with Crippen LogP contribution in [0.4, 0.5) is 4.39 Å². The van der Waals surface area contributed by atoms with Crippen molar-refractivity contribution in [1.29, 1.82) is 0 Å². The molecular weight excluding hydrogens is 359 g/mol. The first-order valence-corrected chi connectivity index (χ1v) is 9.68. The molecule has 0 radical (unpaired) electrons. The lowest BCUT2D eigenvalue weighted by molar-refractivity contribution is -0.154. The number of fused-ring (bicyclic) bond motifs is 1. The highest BCUT2D eigenvalue weighted by atomic mass is 32.2. The largest absolute Gasteiger partial charge is 0.468 e. The summed E-state index contributed by atoms with van der Waals surface area (Å²) in [5.41, 5.74) is -0.775. The van der Waals surface area contributed by atoms with E-state index >= 15 is 0 Å². The van der Waals surface area contributed by atoms with Crippen molar-refractivity contribution in [2.75, 3.05) is 26.2 Å². The first-order valence-electron chi connectivity index (χ1n) is 8.29. The van der Waals surface area contributed by atoms with Gasteiger partial charge in [0, 0.05) is 13.1 Å². The van der Waals surface area contributed by atoms with Crippen molar-refractivity contribution < 1.29 is 23.5 Å². The number of hydrogen-bond donors (Lipinski definition) is 1. The zero-order chi connectivity index (χ0) is 19.1. The van der Waals surface area contributed by atoms with Gasteiger partial charge in [0.1, 0.15) is 11.4 Å². The van der Waals surface area contributed by atoms with Gasteiger partial charge in [0.05, 0.1) is 18.9 Å². The van der Waals surface area contributed by atoms with Crippen molar-refractivity contribution >= 4 is 29.5 Å². The van der Waals surface area contributed by atoms with Gasteiger partial charge in [-0.25, -0.2) is 4.39 Å². The third kappa shape index (κ3) is 2.72. The van der Waals surface area contributed by atoms with Crippen LogP contribution in [0.25, 0.3) is 0 Å². The topological polar surface area (TPSA) is 75.7 Å². The Hall–Kier alpha value is -1.93. The number of carbonyl (C=O) groups excluding carboxylic acids is 3. The third-order valence-electron chi connectivity index (χ3n) is 5.33. The van der Waals surface area contributed by atoms with Crippen molar-refractivity contribution in [2.45, 2.75) is 18.0 Å². The molecule has 26 heavy (non-hydrogen) atoms. The quantitative estimate of drug-likeness (QED) is 0.614. The molecule has 2 saturated heterocycles. The van der Waals surface area contributed by atoms with Crippen molar-refractivity contribution in [1.82, 2.24) is 10.2 Å². The van der Waals surface area contributed by atoms with Crippen LogP contribution < -0.4 is 5.32 Å². The van der Waals surface area contributed by atoms with Crippen LogP contribution in [0.5, 0.6) is 0 Å². The van der Waals surface area contributed by atoms with Crippen LogP contribution in [-0.2, 0) is 19.1 Å². The molecule has 1 aromatic carbocycles. The van der Waals surface area contributed by atoms with Crippen LogP contribution in [-0.4, -0.2) is 54.4 Å². The van der Waals surface area contributed by atoms with E-state index in [0.29, 0.717) is 17.7 Å². The van der Waals surface area contributed by atoms with E-state index < -0.39 is 41.1 Å². The maximum atomic E-state index is 13.7. The summed E-state index contributed by atoms with van der Waals surface area (Å²) in [7, 11) is 2.68. The van der Waals surface area contributed by atoms with Gasteiger partial charge in [-0.15, -0.1) is 0 Å². The summed E-state index contributed by atoms with van der Waals surface area (Å²) in [5, 5.41) is 3.19. The molecule has 140 valence electrons. The number of likely N-dealkylation sites (tertiary alicyclic amines) is 1. The normalized spacial score (nSPS) is 30.6. The summed E-state index contributed by atoms with van der Waals surface area (Å²) < 4.78 is 18.8. The fourth-order valence-corrected chi connectivity index (χ4v) is 4.62. The molecule has 2 amide bonds. The van der Waals surface area contributed by atoms with Gasteiger partial charge in [0.25, 0.3) is 0 Å². The van der Waals surface area contributed by atoms with Gasteiger partial charge in [0.2, 0.25) is 11.8 Å². The van der Waals surface area contributed by atoms with Gasteiger partial charge in [-0.1, -0.05) is 12.1 Å². The minimum atomic E-state index is -1.31. The van der Waals surface area contributed by atoms with Crippen molar-refractivity contribution in [2.24, 2.45) is 11.8 Å². The molecule has 0 bridgehead atoms. The summed E-state index contributed by atoms with van der Waals surface area (Å²) in [5.74, 6) is -2.81. The first kappa shape index (κ1) is 18.8. The summed E-state index contributed by atoms with van der Waals surface area (Å²) in [6.07, 6.45) is 2.23. The number of halogens is 1. The molecule has 1 N–H and O–H groups in total. The Morgan fingerprint density at radius 2 is 2.12 bits per heavy atom. The number of nitrogens with one attached hydrogen (secondary N) is 1. The van der Waals surface area contributed by atoms with E-state index in [1.54, 1.807) is 12.1 Å². The summed E-state index contributed by atoms with van der Waals surface area (Å²) in [4.78, 5) is 39.4. The molecule has 3 rings (SSSR count). The monoisotopic (exact) mass is 380 g/mol. The van der Waals surface area contributed by atoms with Crippen LogP contribution in [0.3, 0.4) is 0 Å². The van der Waals surface area contributed by atoms with E-state index in [1.807, 2.05) is 6.26 Å². The van der Waals surface area contributed by atoms with E-state index in [1.165, 1.54) is 38.1 Å². The van der Waals surface area contributed by atoms with Gasteiger partial charge in [-0.05, 0) is 36.1 Å². The van der Waals surface area contributed by atoms with Crippen LogP contribution in [0.1, 0.15) is 18.0 Å². The Morgan fingerprint density at radius 3 is 2.73 bits per heavy atom. The lowest BCUT2D eigenvalue weighted by Gasteiger charge is -2.32. The lowest BCUT2D eigenvalue weighted by Crippen LogP contribution is -2.56. The first-order chi connectivity index (χ1) is 12.4. The second kappa shape index (κ2) is 7.00. The highest BCUT2D eigenvalue weighted by molar-refractivity contribution is 7.98. The molecule has 0 unspecified atom stereocenters. The highest BCUT2D eigenvalue weighted by Crippen LogP contribution is 2.50. The number of esters is 1. The van der Waals surface area contributed by atoms with Gasteiger partial charge >= 0.3 is 5.97 Å². The zero-order valence-electron chi connectivity index (χ0n) is 14.8. The molecule has 8 heteroatoms. The number of hydrogen-bond acceptors (Lipinski definition) is 6. The fourth-order valence-electron chi connectivity index (χ4n) is 4.10. The second-order valence-electron chi connectivity index (χ2n) is 6.62. The molecular formula is C18H21FN2O4S. The van der Waals surface area contributed by atoms with Crippen LogP contribution in [0, 0.1) is 17.7 Å². The Bertz CT molecular complexity index is 758. The minimum absolute atomic E-state index is 0.334. The van der Waals surface area contributed by atoms with Crippen molar-refractivity contribution in [3.8, 4) is 0 Å². The molecule has 0 saturated carbocycles. The summed E-state index contributed by atoms with van der Waals surface area (Å²) in [6, 6.07) is 5.23. The summed E-state index contributed by atoms with van der Waals surface area (Å²) >= 11 is 1.53. The number of thioether (sulfide) groups is 1. The molecule has 6 nitrogen and oxygen atoms in total. The molecule has 0 aromatic heterocycles. The van der Waals surface area contributed by atoms with Gasteiger partial charge in [0.15, 0.2) is 0 Å². The highest BCUT2D eigenvalue weighted by Gasteiger charge is 2.67. The Labute approximate surface area is 155 Å². The fraction of sp³-hybridized carbons (Fsp3) is 0.500. The maximum absolute atomic E-state index is 13.7. The number of carbonyl (C=O) groups is 3. The van der Waals surface area contributed by atoms with E-state index in [2.05, 4.69) is 5.32 Å². The molecule has 2 heterocycles. The molecule has 4 atom stereocenters. The van der Waals surface area contributed by atoms with Crippen LogP contribution in [0.2, 0.25) is 0 Å². The molecule has 2 fully saturated rings. The molecule has 2 aliphatic heterocycles. The minimum Gasteiger partial charge on any atom is -0.468 e. The smallest absolute Gasteiger partial charge is 0.326 e. The van der Waals surface area contributed by atoms with Gasteiger partial charge in [-0.2, -0.15) is 11.8 Å². The van der Waals surface area contributed by atoms with E-state index in [9.17, 15) is 18.8 Å². The zero-order valence-corrected chi connectivity index (χ0v) is 15.6. The maximum Gasteiger partial charge on any atom is 0.326 e. The third-order valence-corrected chi connectivity index (χ3v) is 5.94. The standard InChI is InChI=1S/C18H21FN2O4S/c1-21-15(22)12-13(16(21)23)18(7-8-26-3,17(24)25-2)20-14(12)10-5-4-6-11(19)9-10/h4-6,9,12-14,20H,7-8H2,1-3H3/t12-,13-,14-,18+/m0/s1. The Kier molecular flexibility index (Phi) is 5.07. The number of imide groups is 1. The summed E-state index contributed by atoms with van der Waals surface area (Å²) in [6.45, 7) is 0. The number of rotatable bonds is 5. The van der Waals surface area contributed by atoms with Crippen molar-refractivity contribution in [3.05, 3.63) is 35.6 Å². The number of nitrogens with zero attached hydrogens (tertiary/aromatic N) is 1. The molecule has 1 aromatic rings. The van der Waals surface area contributed by atoms with E-state index in [4.69, 9.17) is 4.74 Å². The van der Waals surface area contributed by atoms with E-state index in [0.717, 1.165) is 4.90 Å². The predicted molar refractivity (Wildman–Crippen MR) is 94.8 cm³/mol. The van der Waals surface area contributed by atoms with Gasteiger partial charge in [-0.3, -0.25) is 24.6 Å².